The van der Waals surface area contributed by atoms with Crippen molar-refractivity contribution in [3.63, 3.8) is 0 Å². The van der Waals surface area contributed by atoms with Crippen LogP contribution in [-0.2, 0) is 19.4 Å². The molecule has 0 aliphatic rings. The second-order valence-electron chi connectivity index (χ2n) is 5.78. The van der Waals surface area contributed by atoms with Crippen molar-refractivity contribution in [3.8, 4) is 17.2 Å². The van der Waals surface area contributed by atoms with Crippen LogP contribution in [0, 0.1) is 0 Å². The van der Waals surface area contributed by atoms with Gasteiger partial charge in [0.15, 0.2) is 0 Å². The lowest BCUT2D eigenvalue weighted by Crippen LogP contribution is -1.97. The monoisotopic (exact) mass is 320 g/mol. The summed E-state index contributed by atoms with van der Waals surface area (Å²) in [5.74, 6) is 1.15. The average Bonchev–Trinajstić information content (AvgIpc) is 2.60. The highest BCUT2D eigenvalue weighted by molar-refractivity contribution is 5.38. The number of aromatic hydroxyl groups is 2. The van der Waals surface area contributed by atoms with Crippen molar-refractivity contribution < 1.29 is 14.9 Å². The lowest BCUT2D eigenvalue weighted by molar-refractivity contribution is 0.304. The molecule has 0 saturated carbocycles. The van der Waals surface area contributed by atoms with E-state index in [1.54, 1.807) is 24.3 Å². The lowest BCUT2D eigenvalue weighted by Gasteiger charge is -2.10. The minimum absolute atomic E-state index is 0.210. The molecule has 0 spiro atoms. The Kier molecular flexibility index (Phi) is 5.02. The molecule has 3 nitrogen and oxygen atoms in total. The van der Waals surface area contributed by atoms with Gasteiger partial charge < -0.3 is 14.9 Å². The van der Waals surface area contributed by atoms with Crippen LogP contribution in [-0.4, -0.2) is 10.2 Å². The van der Waals surface area contributed by atoms with Crippen LogP contribution < -0.4 is 4.74 Å². The molecule has 0 aliphatic heterocycles. The standard InChI is InChI=1S/C21H20O3/c22-19-10-8-16(9-11-19)6-7-18-12-20(23)14-21(13-18)24-15-17-4-2-1-3-5-17/h1-5,8-14,22-23H,6-7,15H2. The minimum Gasteiger partial charge on any atom is -0.508 e. The number of phenolic OH excluding ortho intramolecular Hbond substituents is 2. The third-order valence-electron chi connectivity index (χ3n) is 3.84. The third-order valence-corrected chi connectivity index (χ3v) is 3.84. The Morgan fingerprint density at radius 1 is 0.625 bits per heavy atom. The van der Waals surface area contributed by atoms with Crippen molar-refractivity contribution in [2.45, 2.75) is 19.4 Å². The van der Waals surface area contributed by atoms with Gasteiger partial charge in [-0.1, -0.05) is 42.5 Å². The highest BCUT2D eigenvalue weighted by Crippen LogP contribution is 2.24. The van der Waals surface area contributed by atoms with E-state index in [0.29, 0.717) is 12.4 Å². The topological polar surface area (TPSA) is 49.7 Å². The van der Waals surface area contributed by atoms with Crippen LogP contribution in [0.1, 0.15) is 16.7 Å². The molecule has 3 heteroatoms. The zero-order valence-corrected chi connectivity index (χ0v) is 13.4. The van der Waals surface area contributed by atoms with Crippen LogP contribution in [0.25, 0.3) is 0 Å². The third kappa shape index (κ3) is 4.53. The molecule has 0 atom stereocenters. The van der Waals surface area contributed by atoms with E-state index in [1.807, 2.05) is 48.5 Å². The van der Waals surface area contributed by atoms with Gasteiger partial charge in [0, 0.05) is 6.07 Å². The summed E-state index contributed by atoms with van der Waals surface area (Å²) in [5, 5.41) is 19.2. The first-order chi connectivity index (χ1) is 11.7. The molecule has 0 saturated heterocycles. The molecule has 0 unspecified atom stereocenters. The van der Waals surface area contributed by atoms with Gasteiger partial charge in [-0.2, -0.15) is 0 Å². The van der Waals surface area contributed by atoms with Crippen LogP contribution in [0.3, 0.4) is 0 Å². The molecule has 122 valence electrons. The van der Waals surface area contributed by atoms with Gasteiger partial charge in [-0.3, -0.25) is 0 Å². The smallest absolute Gasteiger partial charge is 0.123 e. The summed E-state index contributed by atoms with van der Waals surface area (Å²) >= 11 is 0. The summed E-state index contributed by atoms with van der Waals surface area (Å²) in [6, 6.07) is 22.5. The first-order valence-electron chi connectivity index (χ1n) is 7.96. The van der Waals surface area contributed by atoms with Crippen molar-refractivity contribution in [2.24, 2.45) is 0 Å². The van der Waals surface area contributed by atoms with Crippen LogP contribution in [0.4, 0.5) is 0 Å². The van der Waals surface area contributed by atoms with Gasteiger partial charge in [-0.05, 0) is 53.8 Å². The quantitative estimate of drug-likeness (QED) is 0.705. The largest absolute Gasteiger partial charge is 0.508 e. The molecule has 3 aromatic carbocycles. The minimum atomic E-state index is 0.210. The molecule has 3 rings (SSSR count). The van der Waals surface area contributed by atoms with Gasteiger partial charge in [-0.15, -0.1) is 0 Å². The Morgan fingerprint density at radius 3 is 2.08 bits per heavy atom. The molecule has 0 fully saturated rings. The second kappa shape index (κ2) is 7.55. The van der Waals surface area contributed by atoms with E-state index in [4.69, 9.17) is 4.74 Å². The van der Waals surface area contributed by atoms with Gasteiger partial charge in [-0.25, -0.2) is 0 Å². The van der Waals surface area contributed by atoms with E-state index in [0.717, 1.165) is 29.5 Å². The lowest BCUT2D eigenvalue weighted by atomic mass is 10.0. The van der Waals surface area contributed by atoms with Crippen molar-refractivity contribution in [3.05, 3.63) is 89.5 Å². The summed E-state index contributed by atoms with van der Waals surface area (Å²) in [5.41, 5.74) is 3.25. The van der Waals surface area contributed by atoms with Crippen LogP contribution in [0.5, 0.6) is 17.2 Å². The first kappa shape index (κ1) is 15.9. The number of rotatable bonds is 6. The fourth-order valence-electron chi connectivity index (χ4n) is 2.56. The summed E-state index contributed by atoms with van der Waals surface area (Å²) in [6.45, 7) is 0.474. The van der Waals surface area contributed by atoms with Crippen molar-refractivity contribution in [2.75, 3.05) is 0 Å². The van der Waals surface area contributed by atoms with Gasteiger partial charge >= 0.3 is 0 Å². The van der Waals surface area contributed by atoms with Crippen LogP contribution >= 0.6 is 0 Å². The molecule has 24 heavy (non-hydrogen) atoms. The normalized spacial score (nSPS) is 10.5. The summed E-state index contributed by atoms with van der Waals surface area (Å²) in [4.78, 5) is 0. The van der Waals surface area contributed by atoms with E-state index >= 15 is 0 Å². The van der Waals surface area contributed by atoms with Crippen LogP contribution in [0.15, 0.2) is 72.8 Å². The van der Waals surface area contributed by atoms with Crippen LogP contribution in [0.2, 0.25) is 0 Å². The van der Waals surface area contributed by atoms with Crippen molar-refractivity contribution >= 4 is 0 Å². The Balaban J connectivity index is 1.63. The zero-order chi connectivity index (χ0) is 16.8. The SMILES string of the molecule is Oc1ccc(CCc2cc(O)cc(OCc3ccccc3)c2)cc1. The Morgan fingerprint density at radius 2 is 1.33 bits per heavy atom. The summed E-state index contributed by atoms with van der Waals surface area (Å²) in [6.07, 6.45) is 1.63. The van der Waals surface area contributed by atoms with Crippen molar-refractivity contribution in [1.29, 1.82) is 0 Å². The highest BCUT2D eigenvalue weighted by atomic mass is 16.5. The number of ether oxygens (including phenoxy) is 1. The van der Waals surface area contributed by atoms with E-state index in [2.05, 4.69) is 0 Å². The molecule has 0 radical (unpaired) electrons. The predicted octanol–water partition coefficient (Wildman–Crippen LogP) is 4.46. The molecular weight excluding hydrogens is 300 g/mol. The molecule has 2 N–H and O–H groups in total. The molecular formula is C21H20O3. The van der Waals surface area contributed by atoms with E-state index in [9.17, 15) is 10.2 Å². The fraction of sp³-hybridized carbons (Fsp3) is 0.143. The highest BCUT2D eigenvalue weighted by Gasteiger charge is 2.03. The molecule has 3 aromatic rings. The molecule has 0 amide bonds. The van der Waals surface area contributed by atoms with Gasteiger partial charge in [0.1, 0.15) is 23.9 Å². The Hall–Kier alpha value is -2.94. The Labute approximate surface area is 141 Å². The Bertz CT molecular complexity index is 780. The molecule has 0 aliphatic carbocycles. The average molecular weight is 320 g/mol. The number of phenols is 2. The summed E-state index contributed by atoms with van der Waals surface area (Å²) < 4.78 is 5.79. The van der Waals surface area contributed by atoms with E-state index in [-0.39, 0.29) is 11.5 Å². The number of aryl methyl sites for hydroxylation is 2. The molecule has 0 aromatic heterocycles. The first-order valence-corrected chi connectivity index (χ1v) is 7.96. The van der Waals surface area contributed by atoms with Gasteiger partial charge in [0.25, 0.3) is 0 Å². The molecule has 0 bridgehead atoms. The maximum atomic E-state index is 9.91. The zero-order valence-electron chi connectivity index (χ0n) is 13.4. The van der Waals surface area contributed by atoms with Gasteiger partial charge in [0.05, 0.1) is 0 Å². The number of benzene rings is 3. The summed E-state index contributed by atoms with van der Waals surface area (Å²) in [7, 11) is 0. The predicted molar refractivity (Wildman–Crippen MR) is 94.4 cm³/mol. The van der Waals surface area contributed by atoms with E-state index < -0.39 is 0 Å². The number of hydrogen-bond acceptors (Lipinski definition) is 3. The van der Waals surface area contributed by atoms with E-state index in [1.165, 1.54) is 0 Å². The fourth-order valence-corrected chi connectivity index (χ4v) is 2.56. The maximum absolute atomic E-state index is 9.91. The van der Waals surface area contributed by atoms with Crippen molar-refractivity contribution in [1.82, 2.24) is 0 Å². The number of hydrogen-bond donors (Lipinski definition) is 2. The maximum Gasteiger partial charge on any atom is 0.123 e. The van der Waals surface area contributed by atoms with Gasteiger partial charge in [0.2, 0.25) is 0 Å². The molecule has 0 heterocycles. The second-order valence-corrected chi connectivity index (χ2v) is 5.78.